The summed E-state index contributed by atoms with van der Waals surface area (Å²) < 4.78 is 11.4. The van der Waals surface area contributed by atoms with Crippen LogP contribution in [0.4, 0.5) is 11.4 Å². The molecule has 3 amide bonds. The summed E-state index contributed by atoms with van der Waals surface area (Å²) in [6.45, 7) is 4.75. The molecule has 0 radical (unpaired) electrons. The number of anilines is 2. The number of hydrogen-bond acceptors (Lipinski definition) is 6. The number of fused-ring (bicyclic) bond motifs is 6. The molecule has 3 N–H and O–H groups in total. The zero-order valence-corrected chi connectivity index (χ0v) is 22.6. The first-order valence-corrected chi connectivity index (χ1v) is 13.9. The molecule has 1 aromatic heterocycles. The molecule has 4 aliphatic rings. The van der Waals surface area contributed by atoms with Crippen molar-refractivity contribution in [1.82, 2.24) is 10.3 Å². The predicted molar refractivity (Wildman–Crippen MR) is 152 cm³/mol. The number of amides is 3. The highest BCUT2D eigenvalue weighted by molar-refractivity contribution is 6.26. The number of carbonyl (C=O) groups is 3. The van der Waals surface area contributed by atoms with Gasteiger partial charge in [-0.25, -0.2) is 4.90 Å². The van der Waals surface area contributed by atoms with Crippen LogP contribution < -0.4 is 25.0 Å². The molecule has 206 valence electrons. The summed E-state index contributed by atoms with van der Waals surface area (Å²) in [6.07, 6.45) is 2.41. The van der Waals surface area contributed by atoms with Crippen LogP contribution in [0.5, 0.6) is 11.5 Å². The summed E-state index contributed by atoms with van der Waals surface area (Å²) in [5.41, 5.74) is 4.39. The Morgan fingerprint density at radius 2 is 1.76 bits per heavy atom. The molecule has 4 aliphatic heterocycles. The van der Waals surface area contributed by atoms with Crippen molar-refractivity contribution in [2.45, 2.75) is 31.8 Å². The molecule has 9 nitrogen and oxygen atoms in total. The van der Waals surface area contributed by atoms with Crippen molar-refractivity contribution in [3.8, 4) is 11.5 Å². The highest BCUT2D eigenvalue weighted by Gasteiger charge is 2.70. The SMILES string of the molecule is Cc1cc(C)c2c(c1)C1(NC(Cc3c[nH]c4ccccc34)[C@H]3C(=O)N(c4ccc5c(c4)OCCO5)C(=O)[C@H]31)C(=O)N2. The van der Waals surface area contributed by atoms with Gasteiger partial charge < -0.3 is 19.8 Å². The van der Waals surface area contributed by atoms with E-state index < -0.39 is 29.3 Å². The summed E-state index contributed by atoms with van der Waals surface area (Å²) in [5.74, 6) is -1.62. The lowest BCUT2D eigenvalue weighted by molar-refractivity contribution is -0.130. The van der Waals surface area contributed by atoms with Crippen molar-refractivity contribution in [2.24, 2.45) is 11.8 Å². The molecule has 41 heavy (non-hydrogen) atoms. The molecule has 0 bridgehead atoms. The van der Waals surface area contributed by atoms with Gasteiger partial charge >= 0.3 is 0 Å². The summed E-state index contributed by atoms with van der Waals surface area (Å²) in [4.78, 5) is 47.3. The molecular formula is C32H28N4O5. The molecule has 4 aromatic rings. The van der Waals surface area contributed by atoms with Gasteiger partial charge in [-0.1, -0.05) is 35.9 Å². The van der Waals surface area contributed by atoms with Crippen LogP contribution >= 0.6 is 0 Å². The van der Waals surface area contributed by atoms with E-state index in [2.05, 4.69) is 15.6 Å². The van der Waals surface area contributed by atoms with E-state index in [0.29, 0.717) is 42.5 Å². The number of nitrogens with one attached hydrogen (secondary N) is 3. The summed E-state index contributed by atoms with van der Waals surface area (Å²) in [6, 6.07) is 16.6. The van der Waals surface area contributed by atoms with Crippen LogP contribution in [0.1, 0.15) is 22.3 Å². The second-order valence-corrected chi connectivity index (χ2v) is 11.4. The number of imide groups is 1. The molecule has 2 unspecified atom stereocenters. The summed E-state index contributed by atoms with van der Waals surface area (Å²) >= 11 is 0. The Morgan fingerprint density at radius 1 is 0.951 bits per heavy atom. The maximum absolute atomic E-state index is 14.4. The molecule has 4 atom stereocenters. The molecule has 2 fully saturated rings. The van der Waals surface area contributed by atoms with Crippen LogP contribution in [0.15, 0.2) is 60.8 Å². The molecule has 2 saturated heterocycles. The number of rotatable bonds is 3. The van der Waals surface area contributed by atoms with Gasteiger partial charge in [0.15, 0.2) is 11.5 Å². The number of aromatic amines is 1. The normalized spacial score (nSPS) is 26.1. The van der Waals surface area contributed by atoms with Crippen LogP contribution in [0.2, 0.25) is 0 Å². The van der Waals surface area contributed by atoms with E-state index in [9.17, 15) is 14.4 Å². The van der Waals surface area contributed by atoms with Crippen LogP contribution in [0.25, 0.3) is 10.9 Å². The van der Waals surface area contributed by atoms with E-state index in [0.717, 1.165) is 33.2 Å². The van der Waals surface area contributed by atoms with E-state index in [4.69, 9.17) is 9.47 Å². The van der Waals surface area contributed by atoms with E-state index in [1.54, 1.807) is 18.2 Å². The molecule has 1 spiro atoms. The molecule has 0 aliphatic carbocycles. The van der Waals surface area contributed by atoms with Gasteiger partial charge in [-0.2, -0.15) is 0 Å². The third-order valence-electron chi connectivity index (χ3n) is 9.06. The topological polar surface area (TPSA) is 113 Å². The van der Waals surface area contributed by atoms with E-state index >= 15 is 0 Å². The van der Waals surface area contributed by atoms with Crippen LogP contribution in [0, 0.1) is 25.7 Å². The average molecular weight is 549 g/mol. The maximum Gasteiger partial charge on any atom is 0.250 e. The largest absolute Gasteiger partial charge is 0.486 e. The Balaban J connectivity index is 1.28. The summed E-state index contributed by atoms with van der Waals surface area (Å²) in [7, 11) is 0. The number of aromatic nitrogens is 1. The smallest absolute Gasteiger partial charge is 0.250 e. The number of para-hydroxylation sites is 1. The van der Waals surface area contributed by atoms with Crippen molar-refractivity contribution in [1.29, 1.82) is 0 Å². The van der Waals surface area contributed by atoms with Crippen LogP contribution in [0.3, 0.4) is 0 Å². The Morgan fingerprint density at radius 3 is 2.61 bits per heavy atom. The minimum Gasteiger partial charge on any atom is -0.486 e. The first-order chi connectivity index (χ1) is 19.9. The minimum atomic E-state index is -1.37. The van der Waals surface area contributed by atoms with Gasteiger partial charge in [0, 0.05) is 40.5 Å². The van der Waals surface area contributed by atoms with Gasteiger partial charge in [0.1, 0.15) is 18.8 Å². The van der Waals surface area contributed by atoms with E-state index in [-0.39, 0.29) is 11.8 Å². The van der Waals surface area contributed by atoms with E-state index in [1.165, 1.54) is 4.90 Å². The first kappa shape index (κ1) is 24.2. The Kier molecular flexibility index (Phi) is 4.98. The predicted octanol–water partition coefficient (Wildman–Crippen LogP) is 3.72. The number of hydrogen-bond donors (Lipinski definition) is 3. The molecule has 5 heterocycles. The van der Waals surface area contributed by atoms with Crippen LogP contribution in [-0.2, 0) is 26.3 Å². The molecule has 8 rings (SSSR count). The number of carbonyl (C=O) groups excluding carboxylic acids is 3. The van der Waals surface area contributed by atoms with Gasteiger partial charge in [-0.3, -0.25) is 19.7 Å². The second-order valence-electron chi connectivity index (χ2n) is 11.4. The van der Waals surface area contributed by atoms with Crippen molar-refractivity contribution < 1.29 is 23.9 Å². The lowest BCUT2D eigenvalue weighted by Gasteiger charge is -2.30. The molecule has 0 saturated carbocycles. The minimum absolute atomic E-state index is 0.303. The number of H-pyrrole nitrogens is 1. The van der Waals surface area contributed by atoms with E-state index in [1.807, 2.05) is 56.4 Å². The summed E-state index contributed by atoms with van der Waals surface area (Å²) in [5, 5.41) is 7.68. The fourth-order valence-electron chi connectivity index (χ4n) is 7.40. The van der Waals surface area contributed by atoms with Gasteiger partial charge in [-0.15, -0.1) is 0 Å². The lowest BCUT2D eigenvalue weighted by Crippen LogP contribution is -2.53. The van der Waals surface area contributed by atoms with Crippen molar-refractivity contribution in [3.05, 3.63) is 83.0 Å². The Labute approximate surface area is 235 Å². The fourth-order valence-corrected chi connectivity index (χ4v) is 7.40. The zero-order valence-electron chi connectivity index (χ0n) is 22.6. The lowest BCUT2D eigenvalue weighted by atomic mass is 9.75. The highest BCUT2D eigenvalue weighted by Crippen LogP contribution is 2.55. The van der Waals surface area contributed by atoms with Gasteiger partial charge in [0.05, 0.1) is 17.5 Å². The van der Waals surface area contributed by atoms with Crippen LogP contribution in [-0.4, -0.2) is 42.0 Å². The highest BCUT2D eigenvalue weighted by atomic mass is 16.6. The van der Waals surface area contributed by atoms with Crippen molar-refractivity contribution in [3.63, 3.8) is 0 Å². The first-order valence-electron chi connectivity index (χ1n) is 13.9. The van der Waals surface area contributed by atoms with Gasteiger partial charge in [0.25, 0.3) is 0 Å². The van der Waals surface area contributed by atoms with Crippen molar-refractivity contribution in [2.75, 3.05) is 23.4 Å². The van der Waals surface area contributed by atoms with Gasteiger partial charge in [-0.05, 0) is 49.6 Å². The maximum atomic E-state index is 14.4. The third-order valence-corrected chi connectivity index (χ3v) is 9.06. The number of aryl methyl sites for hydroxylation is 2. The Hall–Kier alpha value is -4.63. The quantitative estimate of drug-likeness (QED) is 0.337. The number of nitrogens with zero attached hydrogens (tertiary/aromatic N) is 1. The molecule has 9 heteroatoms. The molecule has 3 aromatic carbocycles. The number of benzene rings is 3. The monoisotopic (exact) mass is 548 g/mol. The number of ether oxygens (including phenoxy) is 2. The zero-order chi connectivity index (χ0) is 28.0. The average Bonchev–Trinajstić information content (AvgIpc) is 3.68. The molecular weight excluding hydrogens is 520 g/mol. The third kappa shape index (κ3) is 3.23. The van der Waals surface area contributed by atoms with Crippen molar-refractivity contribution >= 4 is 40.0 Å². The Bertz CT molecular complexity index is 1810. The second kappa shape index (κ2) is 8.44. The fraction of sp³-hybridized carbons (Fsp3) is 0.281. The van der Waals surface area contributed by atoms with Gasteiger partial charge in [0.2, 0.25) is 17.7 Å². The standard InChI is InChI=1S/C32H28N4O5/c1-16-11-17(2)28-21(12-16)32(31(39)34-28)27-26(23(35-32)13-18-15-33-22-6-4-3-5-20(18)22)29(37)36(30(27)38)19-7-8-24-25(14-19)41-10-9-40-24/h3-8,11-12,14-15,23,26-27,33,35H,9-10,13H2,1-2H3,(H,34,39)/t23?,26-,27+,32?/m1/s1.